The molecule has 4 rings (SSSR count). The van der Waals surface area contributed by atoms with Crippen LogP contribution in [-0.4, -0.2) is 47.2 Å². The van der Waals surface area contributed by atoms with E-state index in [9.17, 15) is 18.7 Å². The number of amides is 1. The van der Waals surface area contributed by atoms with Gasteiger partial charge in [0.2, 0.25) is 0 Å². The Morgan fingerprint density at radius 1 is 1.26 bits per heavy atom. The van der Waals surface area contributed by atoms with Gasteiger partial charge in [-0.3, -0.25) is 0 Å². The van der Waals surface area contributed by atoms with E-state index in [1.165, 1.54) is 12.1 Å². The maximum absolute atomic E-state index is 13.2. The molecule has 1 fully saturated rings. The lowest BCUT2D eigenvalue weighted by Crippen LogP contribution is -2.36. The van der Waals surface area contributed by atoms with Crippen LogP contribution < -0.4 is 9.47 Å². The summed E-state index contributed by atoms with van der Waals surface area (Å²) in [7, 11) is 0. The standard InChI is InChI=1S/C19H21F2NO5/c1-18(2,3)27-17(24)22-8-12-11(7-14(23)13(12)9-22)10-4-5-15-16(6-10)26-19(20,21)25-15/h4-7,12-14,23H,8-9H2,1-3H3. The summed E-state index contributed by atoms with van der Waals surface area (Å²) in [5.74, 6) is -0.327. The molecule has 146 valence electrons. The molecule has 1 amide bonds. The zero-order valence-corrected chi connectivity index (χ0v) is 15.2. The minimum atomic E-state index is -3.67. The van der Waals surface area contributed by atoms with Crippen LogP contribution in [0.1, 0.15) is 26.3 Å². The average Bonchev–Trinajstić information content (AvgIpc) is 3.16. The zero-order chi connectivity index (χ0) is 19.6. The Bertz CT molecular complexity index is 817. The molecule has 6 nitrogen and oxygen atoms in total. The number of ether oxygens (including phenoxy) is 3. The van der Waals surface area contributed by atoms with Gasteiger partial charge in [0, 0.05) is 24.9 Å². The summed E-state index contributed by atoms with van der Waals surface area (Å²) in [4.78, 5) is 13.9. The summed E-state index contributed by atoms with van der Waals surface area (Å²) in [6, 6.07) is 4.56. The van der Waals surface area contributed by atoms with Crippen LogP contribution in [0.3, 0.4) is 0 Å². The minimum absolute atomic E-state index is 0.0266. The van der Waals surface area contributed by atoms with Crippen molar-refractivity contribution in [3.8, 4) is 11.5 Å². The second kappa shape index (κ2) is 5.82. The SMILES string of the molecule is CC(C)(C)OC(=O)N1CC2C(c3ccc4c(c3)OC(F)(F)O4)=CC(O)C2C1. The van der Waals surface area contributed by atoms with Crippen molar-refractivity contribution < 1.29 is 32.9 Å². The molecule has 1 aromatic carbocycles. The van der Waals surface area contributed by atoms with E-state index in [-0.39, 0.29) is 23.3 Å². The molecule has 3 aliphatic rings. The van der Waals surface area contributed by atoms with Crippen LogP contribution in [0.5, 0.6) is 11.5 Å². The van der Waals surface area contributed by atoms with Crippen molar-refractivity contribution in [3.63, 3.8) is 0 Å². The van der Waals surface area contributed by atoms with Crippen LogP contribution >= 0.6 is 0 Å². The highest BCUT2D eigenvalue weighted by atomic mass is 19.3. The molecule has 2 aliphatic heterocycles. The third-order valence-corrected chi connectivity index (χ3v) is 4.94. The third kappa shape index (κ3) is 3.34. The first-order valence-corrected chi connectivity index (χ1v) is 8.80. The predicted octanol–water partition coefficient (Wildman–Crippen LogP) is 3.25. The van der Waals surface area contributed by atoms with E-state index in [0.717, 1.165) is 5.57 Å². The number of likely N-dealkylation sites (tertiary alicyclic amines) is 1. The van der Waals surface area contributed by atoms with Crippen LogP contribution in [0.2, 0.25) is 0 Å². The highest BCUT2D eigenvalue weighted by Crippen LogP contribution is 2.47. The molecule has 8 heteroatoms. The monoisotopic (exact) mass is 381 g/mol. The van der Waals surface area contributed by atoms with E-state index in [1.807, 2.05) is 0 Å². The van der Waals surface area contributed by atoms with Crippen LogP contribution in [-0.2, 0) is 4.74 Å². The van der Waals surface area contributed by atoms with Crippen molar-refractivity contribution in [1.29, 1.82) is 0 Å². The first-order valence-electron chi connectivity index (χ1n) is 8.80. The number of aliphatic hydroxyl groups is 1. The molecular formula is C19H21F2NO5. The van der Waals surface area contributed by atoms with Crippen molar-refractivity contribution in [3.05, 3.63) is 29.8 Å². The van der Waals surface area contributed by atoms with E-state index in [0.29, 0.717) is 18.7 Å². The second-order valence-electron chi connectivity index (χ2n) is 8.10. The fraction of sp³-hybridized carbons (Fsp3) is 0.526. The molecule has 27 heavy (non-hydrogen) atoms. The molecule has 0 spiro atoms. The summed E-state index contributed by atoms with van der Waals surface area (Å²) < 4.78 is 40.8. The van der Waals surface area contributed by atoms with Gasteiger partial charge < -0.3 is 24.2 Å². The molecule has 3 atom stereocenters. The maximum atomic E-state index is 13.2. The number of nitrogens with zero attached hydrogens (tertiary/aromatic N) is 1. The van der Waals surface area contributed by atoms with Gasteiger partial charge in [-0.1, -0.05) is 12.1 Å². The van der Waals surface area contributed by atoms with Gasteiger partial charge >= 0.3 is 12.4 Å². The number of carbonyl (C=O) groups is 1. The Kier molecular flexibility index (Phi) is 3.89. The summed E-state index contributed by atoms with van der Waals surface area (Å²) in [5, 5.41) is 10.4. The van der Waals surface area contributed by atoms with Crippen molar-refractivity contribution in [2.45, 2.75) is 38.8 Å². The molecule has 0 radical (unpaired) electrons. The Morgan fingerprint density at radius 3 is 2.67 bits per heavy atom. The van der Waals surface area contributed by atoms with Crippen molar-refractivity contribution in [1.82, 2.24) is 4.90 Å². The fourth-order valence-corrected chi connectivity index (χ4v) is 3.85. The van der Waals surface area contributed by atoms with E-state index in [4.69, 9.17) is 4.74 Å². The van der Waals surface area contributed by atoms with Crippen molar-refractivity contribution in [2.24, 2.45) is 11.8 Å². The molecular weight excluding hydrogens is 360 g/mol. The van der Waals surface area contributed by atoms with Crippen LogP contribution in [0.4, 0.5) is 13.6 Å². The van der Waals surface area contributed by atoms with E-state index in [2.05, 4.69) is 9.47 Å². The highest BCUT2D eigenvalue weighted by Gasteiger charge is 2.47. The zero-order valence-electron chi connectivity index (χ0n) is 15.2. The number of hydrogen-bond donors (Lipinski definition) is 1. The number of aliphatic hydroxyl groups excluding tert-OH is 1. The summed E-state index contributed by atoms with van der Waals surface area (Å²) in [6.07, 6.45) is -3.09. The van der Waals surface area contributed by atoms with E-state index in [1.54, 1.807) is 37.8 Å². The van der Waals surface area contributed by atoms with Gasteiger partial charge in [-0.05, 0) is 44.0 Å². The first-order chi connectivity index (χ1) is 12.5. The van der Waals surface area contributed by atoms with Crippen LogP contribution in [0.25, 0.3) is 5.57 Å². The smallest absolute Gasteiger partial charge is 0.444 e. The number of alkyl halides is 2. The fourth-order valence-electron chi connectivity index (χ4n) is 3.85. The molecule has 0 bridgehead atoms. The Morgan fingerprint density at radius 2 is 1.96 bits per heavy atom. The van der Waals surface area contributed by atoms with Crippen LogP contribution in [0.15, 0.2) is 24.3 Å². The Labute approximate surface area is 155 Å². The van der Waals surface area contributed by atoms with Gasteiger partial charge in [-0.2, -0.15) is 0 Å². The molecule has 0 saturated carbocycles. The number of rotatable bonds is 1. The highest BCUT2D eigenvalue weighted by molar-refractivity contribution is 5.76. The van der Waals surface area contributed by atoms with Crippen LogP contribution in [0, 0.1) is 11.8 Å². The number of carbonyl (C=O) groups excluding carboxylic acids is 1. The molecule has 1 aromatic rings. The number of hydrogen-bond acceptors (Lipinski definition) is 5. The lowest BCUT2D eigenvalue weighted by molar-refractivity contribution is -0.286. The lowest BCUT2D eigenvalue weighted by Gasteiger charge is -2.25. The molecule has 1 aliphatic carbocycles. The van der Waals surface area contributed by atoms with Gasteiger partial charge in [0.25, 0.3) is 0 Å². The summed E-state index contributed by atoms with van der Waals surface area (Å²) in [6.45, 7) is 6.16. The molecule has 3 unspecified atom stereocenters. The van der Waals surface area contributed by atoms with Gasteiger partial charge in [0.1, 0.15) is 5.60 Å². The number of benzene rings is 1. The normalized spacial score (nSPS) is 28.1. The van der Waals surface area contributed by atoms with Crippen molar-refractivity contribution in [2.75, 3.05) is 13.1 Å². The van der Waals surface area contributed by atoms with Gasteiger partial charge in [0.15, 0.2) is 11.5 Å². The number of halogens is 2. The summed E-state index contributed by atoms with van der Waals surface area (Å²) >= 11 is 0. The largest absolute Gasteiger partial charge is 0.586 e. The second-order valence-corrected chi connectivity index (χ2v) is 8.10. The molecule has 1 saturated heterocycles. The maximum Gasteiger partial charge on any atom is 0.586 e. The lowest BCUT2D eigenvalue weighted by atomic mass is 9.90. The third-order valence-electron chi connectivity index (χ3n) is 4.94. The number of fused-ring (bicyclic) bond motifs is 2. The van der Waals surface area contributed by atoms with E-state index >= 15 is 0 Å². The predicted molar refractivity (Wildman–Crippen MR) is 91.4 cm³/mol. The topological polar surface area (TPSA) is 68.2 Å². The van der Waals surface area contributed by atoms with Gasteiger partial charge in [-0.15, -0.1) is 8.78 Å². The van der Waals surface area contributed by atoms with Gasteiger partial charge in [-0.25, -0.2) is 4.79 Å². The minimum Gasteiger partial charge on any atom is -0.444 e. The quantitative estimate of drug-likeness (QED) is 0.809. The first kappa shape index (κ1) is 18.0. The summed E-state index contributed by atoms with van der Waals surface area (Å²) in [5.41, 5.74) is 0.863. The van der Waals surface area contributed by atoms with E-state index < -0.39 is 24.1 Å². The van der Waals surface area contributed by atoms with Crippen molar-refractivity contribution >= 4 is 11.7 Å². The van der Waals surface area contributed by atoms with Gasteiger partial charge in [0.05, 0.1) is 6.10 Å². The Balaban J connectivity index is 1.54. The Hall–Kier alpha value is -2.35. The average molecular weight is 381 g/mol. The molecule has 1 N–H and O–H groups in total. The molecule has 2 heterocycles. The molecule has 0 aromatic heterocycles.